The van der Waals surface area contributed by atoms with Crippen molar-refractivity contribution in [2.24, 2.45) is 18.0 Å². The van der Waals surface area contributed by atoms with Crippen LogP contribution in [-0.2, 0) is 18.3 Å². The predicted octanol–water partition coefficient (Wildman–Crippen LogP) is 3.57. The average Bonchev–Trinajstić information content (AvgIpc) is 2.96. The van der Waals surface area contributed by atoms with Gasteiger partial charge in [0.05, 0.1) is 18.3 Å². The Morgan fingerprint density at radius 3 is 2.62 bits per heavy atom. The third-order valence-electron chi connectivity index (χ3n) is 5.78. The fraction of sp³-hybridized carbons (Fsp3) is 0.565. The van der Waals surface area contributed by atoms with Crippen molar-refractivity contribution >= 4 is 5.96 Å². The Kier molecular flexibility index (Phi) is 7.31. The third kappa shape index (κ3) is 5.38. The minimum absolute atomic E-state index is 0.141. The van der Waals surface area contributed by atoms with Gasteiger partial charge in [-0.25, -0.2) is 4.99 Å². The number of benzene rings is 1. The van der Waals surface area contributed by atoms with Gasteiger partial charge in [-0.15, -0.1) is 0 Å². The van der Waals surface area contributed by atoms with Gasteiger partial charge in [-0.3, -0.25) is 4.68 Å². The summed E-state index contributed by atoms with van der Waals surface area (Å²) in [5.74, 6) is 1.28. The fourth-order valence-corrected chi connectivity index (χ4v) is 3.95. The quantitative estimate of drug-likeness (QED) is 0.578. The van der Waals surface area contributed by atoms with E-state index in [4.69, 9.17) is 9.73 Å². The van der Waals surface area contributed by atoms with E-state index in [0.717, 1.165) is 44.2 Å². The summed E-state index contributed by atoms with van der Waals surface area (Å²) in [6.07, 6.45) is 2.41. The molecule has 1 aliphatic heterocycles. The van der Waals surface area contributed by atoms with Crippen molar-refractivity contribution in [1.29, 1.82) is 0 Å². The minimum Gasteiger partial charge on any atom is -0.373 e. The molecule has 2 atom stereocenters. The molecule has 0 bridgehead atoms. The first kappa shape index (κ1) is 21.4. The minimum atomic E-state index is 0.141. The Morgan fingerprint density at radius 2 is 1.97 bits per heavy atom. The van der Waals surface area contributed by atoms with E-state index in [0.29, 0.717) is 12.5 Å². The molecule has 0 amide bonds. The standard InChI is InChI=1S/C23H35N5O/c1-6-24-23(26-15-21-17(3)27-28(5)18(21)4)25-14-20-8-7-13-29-22(20)19-11-9-16(2)10-12-19/h9-12,20,22H,6-8,13-15H2,1-5H3,(H2,24,25,26). The van der Waals surface area contributed by atoms with Crippen LogP contribution in [0.15, 0.2) is 29.3 Å². The van der Waals surface area contributed by atoms with Crippen LogP contribution in [0.3, 0.4) is 0 Å². The monoisotopic (exact) mass is 397 g/mol. The maximum absolute atomic E-state index is 6.16. The lowest BCUT2D eigenvalue weighted by atomic mass is 9.89. The SMILES string of the molecule is CCNC(=NCc1c(C)nn(C)c1C)NCC1CCCOC1c1ccc(C)cc1. The summed E-state index contributed by atoms with van der Waals surface area (Å²) in [4.78, 5) is 4.81. The number of ether oxygens (including phenoxy) is 1. The highest BCUT2D eigenvalue weighted by atomic mass is 16.5. The highest BCUT2D eigenvalue weighted by molar-refractivity contribution is 5.79. The topological polar surface area (TPSA) is 63.5 Å². The van der Waals surface area contributed by atoms with Gasteiger partial charge in [0.25, 0.3) is 0 Å². The van der Waals surface area contributed by atoms with Crippen LogP contribution in [0.4, 0.5) is 0 Å². The van der Waals surface area contributed by atoms with Crippen molar-refractivity contribution < 1.29 is 4.74 Å². The molecule has 2 heterocycles. The molecule has 29 heavy (non-hydrogen) atoms. The van der Waals surface area contributed by atoms with Crippen LogP contribution < -0.4 is 10.6 Å². The smallest absolute Gasteiger partial charge is 0.191 e. The second-order valence-electron chi connectivity index (χ2n) is 7.95. The summed E-state index contributed by atoms with van der Waals surface area (Å²) in [5, 5.41) is 11.4. The van der Waals surface area contributed by atoms with Gasteiger partial charge >= 0.3 is 0 Å². The number of guanidine groups is 1. The molecule has 0 aliphatic carbocycles. The highest BCUT2D eigenvalue weighted by Crippen LogP contribution is 2.33. The number of aromatic nitrogens is 2. The van der Waals surface area contributed by atoms with Gasteiger partial charge in [-0.1, -0.05) is 29.8 Å². The van der Waals surface area contributed by atoms with Gasteiger partial charge in [-0.05, 0) is 46.1 Å². The molecule has 0 saturated carbocycles. The van der Waals surface area contributed by atoms with E-state index in [9.17, 15) is 0 Å². The zero-order chi connectivity index (χ0) is 20.8. The van der Waals surface area contributed by atoms with Gasteiger partial charge in [0.1, 0.15) is 0 Å². The molecular weight excluding hydrogens is 362 g/mol. The normalized spacial score (nSPS) is 20.0. The fourth-order valence-electron chi connectivity index (χ4n) is 3.95. The number of hydrogen-bond acceptors (Lipinski definition) is 3. The lowest BCUT2D eigenvalue weighted by Crippen LogP contribution is -2.42. The molecule has 6 heteroatoms. The molecule has 1 saturated heterocycles. The van der Waals surface area contributed by atoms with Crippen molar-refractivity contribution in [2.45, 2.75) is 53.2 Å². The Hall–Kier alpha value is -2.34. The summed E-state index contributed by atoms with van der Waals surface area (Å²) in [5.41, 5.74) is 5.96. The number of rotatable bonds is 6. The molecule has 2 aromatic rings. The van der Waals surface area contributed by atoms with Crippen LogP contribution in [-0.4, -0.2) is 35.4 Å². The summed E-state index contributed by atoms with van der Waals surface area (Å²) in [6, 6.07) is 8.74. The number of hydrogen-bond donors (Lipinski definition) is 2. The van der Waals surface area contributed by atoms with Gasteiger partial charge in [-0.2, -0.15) is 5.10 Å². The van der Waals surface area contributed by atoms with Gasteiger partial charge < -0.3 is 15.4 Å². The zero-order valence-corrected chi connectivity index (χ0v) is 18.5. The predicted molar refractivity (Wildman–Crippen MR) is 118 cm³/mol. The van der Waals surface area contributed by atoms with E-state index in [1.807, 2.05) is 18.7 Å². The molecule has 2 N–H and O–H groups in total. The molecule has 1 aliphatic rings. The van der Waals surface area contributed by atoms with Crippen molar-refractivity contribution in [2.75, 3.05) is 19.7 Å². The Labute approximate surface area is 174 Å². The molecule has 1 aromatic heterocycles. The maximum atomic E-state index is 6.16. The van der Waals surface area contributed by atoms with E-state index < -0.39 is 0 Å². The Balaban J connectivity index is 1.67. The van der Waals surface area contributed by atoms with Crippen LogP contribution in [0.2, 0.25) is 0 Å². The van der Waals surface area contributed by atoms with Crippen LogP contribution in [0.5, 0.6) is 0 Å². The van der Waals surface area contributed by atoms with Gasteiger partial charge in [0, 0.05) is 43.9 Å². The first-order chi connectivity index (χ1) is 14.0. The second kappa shape index (κ2) is 9.92. The first-order valence-electron chi connectivity index (χ1n) is 10.7. The molecule has 1 fully saturated rings. The summed E-state index contributed by atoms with van der Waals surface area (Å²) < 4.78 is 8.08. The molecular formula is C23H35N5O. The van der Waals surface area contributed by atoms with Gasteiger partial charge in [0.2, 0.25) is 0 Å². The average molecular weight is 398 g/mol. The lowest BCUT2D eigenvalue weighted by molar-refractivity contribution is -0.0265. The molecule has 158 valence electrons. The van der Waals surface area contributed by atoms with Crippen LogP contribution in [0, 0.1) is 26.7 Å². The number of nitrogens with zero attached hydrogens (tertiary/aromatic N) is 3. The van der Waals surface area contributed by atoms with Crippen molar-refractivity contribution in [3.63, 3.8) is 0 Å². The summed E-state index contributed by atoms with van der Waals surface area (Å²) in [7, 11) is 1.98. The second-order valence-corrected chi connectivity index (χ2v) is 7.95. The van der Waals surface area contributed by atoms with E-state index in [1.165, 1.54) is 22.4 Å². The summed E-state index contributed by atoms with van der Waals surface area (Å²) in [6.45, 7) is 11.5. The highest BCUT2D eigenvalue weighted by Gasteiger charge is 2.27. The van der Waals surface area contributed by atoms with E-state index >= 15 is 0 Å². The summed E-state index contributed by atoms with van der Waals surface area (Å²) >= 11 is 0. The Bertz CT molecular complexity index is 825. The molecule has 1 aromatic carbocycles. The van der Waals surface area contributed by atoms with Crippen LogP contribution >= 0.6 is 0 Å². The first-order valence-corrected chi connectivity index (χ1v) is 10.7. The third-order valence-corrected chi connectivity index (χ3v) is 5.78. The largest absolute Gasteiger partial charge is 0.373 e. The number of nitrogens with one attached hydrogen (secondary N) is 2. The number of aliphatic imine (C=N–C) groups is 1. The Morgan fingerprint density at radius 1 is 1.21 bits per heavy atom. The van der Waals surface area contributed by atoms with Crippen molar-refractivity contribution in [1.82, 2.24) is 20.4 Å². The molecule has 0 spiro atoms. The molecule has 3 rings (SSSR count). The molecule has 0 radical (unpaired) electrons. The van der Waals surface area contributed by atoms with Crippen molar-refractivity contribution in [3.8, 4) is 0 Å². The van der Waals surface area contributed by atoms with E-state index in [-0.39, 0.29) is 6.10 Å². The van der Waals surface area contributed by atoms with Crippen LogP contribution in [0.1, 0.15) is 53.9 Å². The maximum Gasteiger partial charge on any atom is 0.191 e. The van der Waals surface area contributed by atoms with Crippen molar-refractivity contribution in [3.05, 3.63) is 52.3 Å². The molecule has 6 nitrogen and oxygen atoms in total. The van der Waals surface area contributed by atoms with E-state index in [1.54, 1.807) is 0 Å². The van der Waals surface area contributed by atoms with E-state index in [2.05, 4.69) is 60.8 Å². The van der Waals surface area contributed by atoms with Crippen LogP contribution in [0.25, 0.3) is 0 Å². The van der Waals surface area contributed by atoms with Gasteiger partial charge in [0.15, 0.2) is 5.96 Å². The number of aryl methyl sites for hydroxylation is 3. The molecule has 2 unspecified atom stereocenters. The lowest BCUT2D eigenvalue weighted by Gasteiger charge is -2.32. The zero-order valence-electron chi connectivity index (χ0n) is 18.5.